The molecule has 0 spiro atoms. The van der Waals surface area contributed by atoms with Gasteiger partial charge in [0.2, 0.25) is 5.91 Å². The quantitative estimate of drug-likeness (QED) is 0.352. The molecule has 9 heteroatoms. The van der Waals surface area contributed by atoms with Crippen LogP contribution in [0.25, 0.3) is 5.69 Å². The molecule has 2 aromatic rings. The second-order valence-electron chi connectivity index (χ2n) is 11.0. The summed E-state index contributed by atoms with van der Waals surface area (Å²) in [7, 11) is 0. The van der Waals surface area contributed by atoms with E-state index in [4.69, 9.17) is 14.6 Å². The monoisotopic (exact) mass is 506 g/mol. The van der Waals surface area contributed by atoms with Gasteiger partial charge in [0, 0.05) is 45.0 Å². The summed E-state index contributed by atoms with van der Waals surface area (Å²) in [6.45, 7) is 11.8. The van der Waals surface area contributed by atoms with Crippen LogP contribution in [0.5, 0.6) is 5.75 Å². The van der Waals surface area contributed by atoms with Crippen molar-refractivity contribution in [3.63, 3.8) is 0 Å². The van der Waals surface area contributed by atoms with Crippen LogP contribution in [0.3, 0.4) is 0 Å². The number of esters is 1. The third kappa shape index (κ3) is 4.99. The van der Waals surface area contributed by atoms with Crippen LogP contribution in [-0.2, 0) is 27.2 Å². The zero-order valence-corrected chi connectivity index (χ0v) is 22.0. The molecule has 3 heterocycles. The van der Waals surface area contributed by atoms with Crippen LogP contribution < -0.4 is 4.74 Å². The van der Waals surface area contributed by atoms with E-state index in [2.05, 4.69) is 12.6 Å². The second kappa shape index (κ2) is 9.36. The van der Waals surface area contributed by atoms with Crippen molar-refractivity contribution in [2.75, 3.05) is 19.6 Å². The summed E-state index contributed by atoms with van der Waals surface area (Å²) in [4.78, 5) is 41.2. The van der Waals surface area contributed by atoms with Crippen molar-refractivity contribution in [1.82, 2.24) is 19.6 Å². The molecule has 2 amide bonds. The first-order valence-electron chi connectivity index (χ1n) is 12.9. The van der Waals surface area contributed by atoms with Crippen molar-refractivity contribution in [2.24, 2.45) is 0 Å². The predicted molar refractivity (Wildman–Crippen MR) is 137 cm³/mol. The molecule has 1 atom stereocenters. The fraction of sp³-hybridized carbons (Fsp3) is 0.500. The number of hydrogen-bond donors (Lipinski definition) is 0. The molecule has 1 fully saturated rings. The van der Waals surface area contributed by atoms with Crippen molar-refractivity contribution in [3.05, 3.63) is 53.4 Å². The van der Waals surface area contributed by atoms with Gasteiger partial charge in [0.1, 0.15) is 11.3 Å². The van der Waals surface area contributed by atoms with Gasteiger partial charge in [-0.1, -0.05) is 12.6 Å². The van der Waals surface area contributed by atoms with Gasteiger partial charge < -0.3 is 14.4 Å². The lowest BCUT2D eigenvalue weighted by molar-refractivity contribution is -0.132. The van der Waals surface area contributed by atoms with Gasteiger partial charge in [0.25, 0.3) is 0 Å². The summed E-state index contributed by atoms with van der Waals surface area (Å²) >= 11 is 0. The van der Waals surface area contributed by atoms with E-state index in [0.717, 1.165) is 35.4 Å². The fourth-order valence-electron chi connectivity index (χ4n) is 5.27. The molecule has 37 heavy (non-hydrogen) atoms. The van der Waals surface area contributed by atoms with Crippen molar-refractivity contribution in [2.45, 2.75) is 70.9 Å². The molecule has 3 aliphatic rings. The largest absolute Gasteiger partial charge is 0.444 e. The molecule has 0 N–H and O–H groups in total. The predicted octanol–water partition coefficient (Wildman–Crippen LogP) is 4.08. The van der Waals surface area contributed by atoms with Crippen LogP contribution in [0.15, 0.2) is 30.9 Å². The molecule has 0 bridgehead atoms. The summed E-state index contributed by atoms with van der Waals surface area (Å²) in [6, 6.07) is 5.59. The van der Waals surface area contributed by atoms with Gasteiger partial charge in [-0.3, -0.25) is 14.5 Å². The number of aromatic nitrogens is 2. The Kier molecular flexibility index (Phi) is 6.33. The Bertz CT molecular complexity index is 1270. The van der Waals surface area contributed by atoms with Gasteiger partial charge >= 0.3 is 12.1 Å². The second-order valence-corrected chi connectivity index (χ2v) is 11.0. The molecule has 1 aromatic heterocycles. The minimum absolute atomic E-state index is 0.179. The summed E-state index contributed by atoms with van der Waals surface area (Å²) in [5.74, 6) is 0.433. The summed E-state index contributed by atoms with van der Waals surface area (Å²) in [5.41, 5.74) is 3.94. The first-order valence-corrected chi connectivity index (χ1v) is 12.9. The van der Waals surface area contributed by atoms with Crippen LogP contribution in [-0.4, -0.2) is 62.8 Å². The standard InChI is InChI=1S/C28H34N4O5/c1-6-25(34)30-13-11-20-26-22(12-14-31(23(26)16-30)27(35)37-28(3,4)5)32(29-20)21-10-9-19(18-7-8-18)15-24(21)36-17(2)33/h6,9-10,15,18,23H,1,7-8,11-14,16H2,2-5H3/t23-/m0/s1. The molecule has 9 nitrogen and oxygen atoms in total. The summed E-state index contributed by atoms with van der Waals surface area (Å²) in [5, 5.41) is 4.97. The zero-order valence-electron chi connectivity index (χ0n) is 22.0. The Morgan fingerprint density at radius 1 is 1.14 bits per heavy atom. The lowest BCUT2D eigenvalue weighted by atomic mass is 9.96. The van der Waals surface area contributed by atoms with Gasteiger partial charge in [-0.25, -0.2) is 9.48 Å². The number of amides is 2. The molecule has 1 aliphatic carbocycles. The van der Waals surface area contributed by atoms with E-state index in [0.29, 0.717) is 49.8 Å². The molecule has 0 unspecified atom stereocenters. The Morgan fingerprint density at radius 3 is 2.54 bits per heavy atom. The maximum absolute atomic E-state index is 13.2. The minimum atomic E-state index is -0.645. The van der Waals surface area contributed by atoms with Crippen LogP contribution in [0.2, 0.25) is 0 Å². The lowest BCUT2D eigenvalue weighted by Gasteiger charge is -2.38. The first-order chi connectivity index (χ1) is 17.6. The van der Waals surface area contributed by atoms with Crippen molar-refractivity contribution < 1.29 is 23.9 Å². The van der Waals surface area contributed by atoms with Gasteiger partial charge in [0.05, 0.1) is 17.4 Å². The molecule has 1 aromatic carbocycles. The molecule has 1 saturated carbocycles. The minimum Gasteiger partial charge on any atom is -0.444 e. The normalized spacial score (nSPS) is 19.1. The van der Waals surface area contributed by atoms with Gasteiger partial charge in [0.15, 0.2) is 5.75 Å². The maximum Gasteiger partial charge on any atom is 0.410 e. The number of nitrogens with zero attached hydrogens (tertiary/aromatic N) is 4. The first kappa shape index (κ1) is 25.0. The number of carbonyl (C=O) groups excluding carboxylic acids is 3. The van der Waals surface area contributed by atoms with Gasteiger partial charge in [-0.05, 0) is 63.3 Å². The Morgan fingerprint density at radius 2 is 1.89 bits per heavy atom. The number of rotatable bonds is 4. The lowest BCUT2D eigenvalue weighted by Crippen LogP contribution is -2.47. The van der Waals surface area contributed by atoms with E-state index in [1.54, 1.807) is 9.80 Å². The molecule has 0 radical (unpaired) electrons. The Hall–Kier alpha value is -3.62. The highest BCUT2D eigenvalue weighted by atomic mass is 16.6. The Balaban J connectivity index is 1.59. The van der Waals surface area contributed by atoms with Crippen LogP contribution in [0.1, 0.15) is 75.0 Å². The number of carbonyl (C=O) groups is 3. The number of hydrogen-bond acceptors (Lipinski definition) is 6. The van der Waals surface area contributed by atoms with E-state index in [9.17, 15) is 14.4 Å². The van der Waals surface area contributed by atoms with Crippen LogP contribution in [0.4, 0.5) is 4.79 Å². The van der Waals surface area contributed by atoms with Crippen molar-refractivity contribution >= 4 is 18.0 Å². The molecule has 2 aliphatic heterocycles. The fourth-order valence-corrected chi connectivity index (χ4v) is 5.27. The third-order valence-corrected chi connectivity index (χ3v) is 7.04. The van der Waals surface area contributed by atoms with E-state index < -0.39 is 17.7 Å². The highest BCUT2D eigenvalue weighted by Crippen LogP contribution is 2.43. The van der Waals surface area contributed by atoms with Gasteiger partial charge in [-0.2, -0.15) is 5.10 Å². The van der Waals surface area contributed by atoms with Crippen LogP contribution in [0, 0.1) is 0 Å². The van der Waals surface area contributed by atoms with Crippen molar-refractivity contribution in [1.29, 1.82) is 0 Å². The van der Waals surface area contributed by atoms with Gasteiger partial charge in [-0.15, -0.1) is 0 Å². The van der Waals surface area contributed by atoms with Crippen LogP contribution >= 0.6 is 0 Å². The van der Waals surface area contributed by atoms with E-state index in [1.807, 2.05) is 37.6 Å². The zero-order chi connectivity index (χ0) is 26.5. The molecular weight excluding hydrogens is 472 g/mol. The average molecular weight is 507 g/mol. The molecule has 196 valence electrons. The smallest absolute Gasteiger partial charge is 0.410 e. The van der Waals surface area contributed by atoms with E-state index >= 15 is 0 Å². The van der Waals surface area contributed by atoms with E-state index in [1.165, 1.54) is 13.0 Å². The van der Waals surface area contributed by atoms with E-state index in [-0.39, 0.29) is 11.9 Å². The average Bonchev–Trinajstić information content (AvgIpc) is 3.63. The number of ether oxygens (including phenoxy) is 2. The third-order valence-electron chi connectivity index (χ3n) is 7.04. The molecular formula is C28H34N4O5. The molecule has 5 rings (SSSR count). The molecule has 0 saturated heterocycles. The summed E-state index contributed by atoms with van der Waals surface area (Å²) < 4.78 is 13.2. The van der Waals surface area contributed by atoms with Crippen molar-refractivity contribution in [3.8, 4) is 11.4 Å². The maximum atomic E-state index is 13.2. The highest BCUT2D eigenvalue weighted by molar-refractivity contribution is 5.87. The summed E-state index contributed by atoms with van der Waals surface area (Å²) in [6.07, 6.45) is 4.26. The Labute approximate surface area is 217 Å². The number of benzene rings is 1. The highest BCUT2D eigenvalue weighted by Gasteiger charge is 2.41. The SMILES string of the molecule is C=CC(=O)N1CCc2nn(-c3ccc(C4CC4)cc3OC(C)=O)c3c2[C@H](C1)N(C(=O)OC(C)(C)C)CC3. The topological polar surface area (TPSA) is 94.0 Å².